The van der Waals surface area contributed by atoms with Crippen molar-refractivity contribution >= 4 is 11.7 Å². The Bertz CT molecular complexity index is 659. The second-order valence-electron chi connectivity index (χ2n) is 5.99. The number of nitrogens with one attached hydrogen (secondary N) is 1. The highest BCUT2D eigenvalue weighted by Gasteiger charge is 2.26. The average molecular weight is 310 g/mol. The van der Waals surface area contributed by atoms with E-state index in [2.05, 4.69) is 39.2 Å². The maximum Gasteiger partial charge on any atom is 0.225 e. The number of hydrogen-bond donors (Lipinski definition) is 1. The number of carbonyl (C=O) groups is 1. The second kappa shape index (κ2) is 7.22. The van der Waals surface area contributed by atoms with Crippen molar-refractivity contribution in [3.05, 3.63) is 54.0 Å². The number of aryl methyl sites for hydroxylation is 1. The predicted molar refractivity (Wildman–Crippen MR) is 90.0 cm³/mol. The van der Waals surface area contributed by atoms with Gasteiger partial charge in [-0.05, 0) is 30.9 Å². The number of nitrogens with zero attached hydrogens (tertiary/aromatic N) is 3. The lowest BCUT2D eigenvalue weighted by atomic mass is 9.97. The molecule has 0 unspecified atom stereocenters. The average Bonchev–Trinajstić information content (AvgIpc) is 2.62. The number of benzene rings is 1. The first-order valence-corrected chi connectivity index (χ1v) is 8.07. The Morgan fingerprint density at radius 1 is 1.35 bits per heavy atom. The number of aromatic nitrogens is 2. The van der Waals surface area contributed by atoms with Crippen molar-refractivity contribution in [2.24, 2.45) is 5.92 Å². The Balaban J connectivity index is 1.58. The summed E-state index contributed by atoms with van der Waals surface area (Å²) in [6.07, 6.45) is 7.04. The zero-order chi connectivity index (χ0) is 16.1. The van der Waals surface area contributed by atoms with Gasteiger partial charge in [-0.25, -0.2) is 4.98 Å². The van der Waals surface area contributed by atoms with E-state index in [4.69, 9.17) is 0 Å². The molecule has 3 rings (SSSR count). The molecule has 2 heterocycles. The Labute approximate surface area is 136 Å². The molecule has 1 N–H and O–H groups in total. The fourth-order valence-corrected chi connectivity index (χ4v) is 2.99. The van der Waals surface area contributed by atoms with Gasteiger partial charge in [0.15, 0.2) is 0 Å². The van der Waals surface area contributed by atoms with Gasteiger partial charge in [-0.2, -0.15) is 0 Å². The van der Waals surface area contributed by atoms with E-state index in [1.54, 1.807) is 18.6 Å². The monoisotopic (exact) mass is 310 g/mol. The summed E-state index contributed by atoms with van der Waals surface area (Å²) >= 11 is 0. The van der Waals surface area contributed by atoms with E-state index < -0.39 is 0 Å². The number of hydrogen-bond acceptors (Lipinski definition) is 4. The normalized spacial score (nSPS) is 17.8. The van der Waals surface area contributed by atoms with Gasteiger partial charge in [0.2, 0.25) is 5.91 Å². The number of rotatable bonds is 4. The first kappa shape index (κ1) is 15.5. The summed E-state index contributed by atoms with van der Waals surface area (Å²) in [5.41, 5.74) is 2.38. The van der Waals surface area contributed by atoms with Crippen molar-refractivity contribution in [2.45, 2.75) is 26.3 Å². The van der Waals surface area contributed by atoms with Gasteiger partial charge >= 0.3 is 0 Å². The fraction of sp³-hybridized carbons (Fsp3) is 0.389. The molecule has 0 aliphatic carbocycles. The highest BCUT2D eigenvalue weighted by atomic mass is 16.1. The van der Waals surface area contributed by atoms with Crippen molar-refractivity contribution in [3.8, 4) is 0 Å². The summed E-state index contributed by atoms with van der Waals surface area (Å²) in [7, 11) is 0. The van der Waals surface area contributed by atoms with Crippen LogP contribution in [0, 0.1) is 12.8 Å². The molecule has 1 aliphatic heterocycles. The van der Waals surface area contributed by atoms with Crippen LogP contribution in [0.5, 0.6) is 0 Å². The number of anilines is 1. The summed E-state index contributed by atoms with van der Waals surface area (Å²) < 4.78 is 0. The van der Waals surface area contributed by atoms with E-state index in [1.807, 2.05) is 12.1 Å². The van der Waals surface area contributed by atoms with Crippen molar-refractivity contribution in [2.75, 3.05) is 18.0 Å². The summed E-state index contributed by atoms with van der Waals surface area (Å²) in [5.74, 6) is 0.987. The maximum atomic E-state index is 12.5. The third kappa shape index (κ3) is 3.86. The zero-order valence-electron chi connectivity index (χ0n) is 13.4. The summed E-state index contributed by atoms with van der Waals surface area (Å²) in [4.78, 5) is 23.1. The summed E-state index contributed by atoms with van der Waals surface area (Å²) in [6, 6.07) is 8.14. The lowest BCUT2D eigenvalue weighted by Crippen LogP contribution is -2.43. The minimum absolute atomic E-state index is 0.00905. The first-order valence-electron chi connectivity index (χ1n) is 8.07. The Morgan fingerprint density at radius 2 is 2.22 bits per heavy atom. The molecule has 0 saturated carbocycles. The third-order valence-corrected chi connectivity index (χ3v) is 4.38. The lowest BCUT2D eigenvalue weighted by Gasteiger charge is -2.32. The van der Waals surface area contributed by atoms with Crippen molar-refractivity contribution in [3.63, 3.8) is 0 Å². The van der Waals surface area contributed by atoms with Gasteiger partial charge in [-0.15, -0.1) is 0 Å². The van der Waals surface area contributed by atoms with Crippen LogP contribution in [0.15, 0.2) is 42.9 Å². The molecule has 1 aromatic carbocycles. The van der Waals surface area contributed by atoms with Gasteiger partial charge in [0, 0.05) is 32.0 Å². The topological polar surface area (TPSA) is 58.1 Å². The molecule has 1 fully saturated rings. The van der Waals surface area contributed by atoms with Crippen LogP contribution >= 0.6 is 0 Å². The van der Waals surface area contributed by atoms with Gasteiger partial charge in [-0.3, -0.25) is 9.78 Å². The van der Waals surface area contributed by atoms with Crippen LogP contribution in [0.1, 0.15) is 24.0 Å². The minimum Gasteiger partial charge on any atom is -0.355 e. The van der Waals surface area contributed by atoms with Crippen molar-refractivity contribution < 1.29 is 4.79 Å². The SMILES string of the molecule is Cc1ccccc1CNC(=O)[C@@H]1CCCN(c2cnccn2)C1. The van der Waals surface area contributed by atoms with E-state index >= 15 is 0 Å². The highest BCUT2D eigenvalue weighted by Crippen LogP contribution is 2.21. The molecule has 1 amide bonds. The van der Waals surface area contributed by atoms with Gasteiger partial charge in [0.25, 0.3) is 0 Å². The minimum atomic E-state index is 0.00905. The van der Waals surface area contributed by atoms with Crippen LogP contribution in [-0.2, 0) is 11.3 Å². The standard InChI is InChI=1S/C18H22N4O/c1-14-5-2-3-6-15(14)11-21-18(23)16-7-4-10-22(13-16)17-12-19-8-9-20-17/h2-3,5-6,8-9,12,16H,4,7,10-11,13H2,1H3,(H,21,23)/t16-/m1/s1. The summed E-state index contributed by atoms with van der Waals surface area (Å²) in [6.45, 7) is 4.30. The second-order valence-corrected chi connectivity index (χ2v) is 5.99. The van der Waals surface area contributed by atoms with Gasteiger partial charge in [0.1, 0.15) is 5.82 Å². The van der Waals surface area contributed by atoms with Crippen LogP contribution in [0.4, 0.5) is 5.82 Å². The largest absolute Gasteiger partial charge is 0.355 e. The number of amides is 1. The maximum absolute atomic E-state index is 12.5. The highest BCUT2D eigenvalue weighted by molar-refractivity contribution is 5.79. The molecule has 23 heavy (non-hydrogen) atoms. The van der Waals surface area contributed by atoms with Gasteiger partial charge < -0.3 is 10.2 Å². The van der Waals surface area contributed by atoms with E-state index in [-0.39, 0.29) is 11.8 Å². The molecular weight excluding hydrogens is 288 g/mol. The Hall–Kier alpha value is -2.43. The molecule has 5 nitrogen and oxygen atoms in total. The van der Waals surface area contributed by atoms with Gasteiger partial charge in [-0.1, -0.05) is 24.3 Å². The van der Waals surface area contributed by atoms with E-state index in [1.165, 1.54) is 11.1 Å². The first-order chi connectivity index (χ1) is 11.2. The molecule has 0 bridgehead atoms. The molecule has 1 atom stereocenters. The van der Waals surface area contributed by atoms with Crippen LogP contribution in [-0.4, -0.2) is 29.0 Å². The van der Waals surface area contributed by atoms with Crippen LogP contribution in [0.25, 0.3) is 0 Å². The van der Waals surface area contributed by atoms with E-state index in [9.17, 15) is 4.79 Å². The molecule has 1 aliphatic rings. The van der Waals surface area contributed by atoms with Gasteiger partial charge in [0.05, 0.1) is 12.1 Å². The molecule has 120 valence electrons. The molecule has 1 aromatic heterocycles. The molecular formula is C18H22N4O. The molecule has 0 radical (unpaired) electrons. The van der Waals surface area contributed by atoms with Crippen LogP contribution in [0.2, 0.25) is 0 Å². The molecule has 1 saturated heterocycles. The predicted octanol–water partition coefficient (Wildman–Crippen LogP) is 2.32. The van der Waals surface area contributed by atoms with E-state index in [0.717, 1.165) is 25.2 Å². The molecule has 2 aromatic rings. The molecule has 0 spiro atoms. The Morgan fingerprint density at radius 3 is 3.00 bits per heavy atom. The van der Waals surface area contributed by atoms with E-state index in [0.29, 0.717) is 13.1 Å². The smallest absolute Gasteiger partial charge is 0.225 e. The zero-order valence-corrected chi connectivity index (χ0v) is 13.4. The van der Waals surface area contributed by atoms with Crippen LogP contribution in [0.3, 0.4) is 0 Å². The Kier molecular flexibility index (Phi) is 4.86. The number of carbonyl (C=O) groups excluding carboxylic acids is 1. The fourth-order valence-electron chi connectivity index (χ4n) is 2.99. The van der Waals surface area contributed by atoms with Crippen molar-refractivity contribution in [1.29, 1.82) is 0 Å². The molecule has 5 heteroatoms. The lowest BCUT2D eigenvalue weighted by molar-refractivity contribution is -0.125. The number of piperidine rings is 1. The van der Waals surface area contributed by atoms with Crippen LogP contribution < -0.4 is 10.2 Å². The quantitative estimate of drug-likeness (QED) is 0.941. The third-order valence-electron chi connectivity index (χ3n) is 4.38. The van der Waals surface area contributed by atoms with Crippen molar-refractivity contribution in [1.82, 2.24) is 15.3 Å². The summed E-state index contributed by atoms with van der Waals surface area (Å²) in [5, 5.41) is 3.08.